The maximum atomic E-state index is 11.0. The molecule has 3 heteroatoms. The Morgan fingerprint density at radius 3 is 2.69 bits per heavy atom. The normalized spacial score (nSPS) is 23.8. The van der Waals surface area contributed by atoms with E-state index < -0.39 is 0 Å². The predicted octanol–water partition coefficient (Wildman–Crippen LogP) is 1.92. The van der Waals surface area contributed by atoms with Crippen LogP contribution in [0.25, 0.3) is 0 Å². The zero-order chi connectivity index (χ0) is 9.31. The molecule has 0 unspecified atom stereocenters. The van der Waals surface area contributed by atoms with Crippen molar-refractivity contribution in [2.45, 2.75) is 32.6 Å². The Labute approximate surface area is 78.8 Å². The first kappa shape index (κ1) is 8.85. The number of hydrogen-bond acceptors (Lipinski definition) is 2. The smallest absolute Gasteiger partial charge is 0.407 e. The van der Waals surface area contributed by atoms with Gasteiger partial charge in [-0.25, -0.2) is 4.79 Å². The third-order valence-corrected chi connectivity index (χ3v) is 3.20. The molecule has 0 aromatic carbocycles. The molecule has 2 aliphatic rings. The third-order valence-electron chi connectivity index (χ3n) is 3.20. The van der Waals surface area contributed by atoms with Crippen LogP contribution in [-0.4, -0.2) is 19.2 Å². The molecule has 0 aromatic heterocycles. The van der Waals surface area contributed by atoms with Crippen LogP contribution >= 0.6 is 0 Å². The van der Waals surface area contributed by atoms with E-state index in [1.165, 1.54) is 25.7 Å². The molecule has 0 bridgehead atoms. The molecule has 0 heterocycles. The summed E-state index contributed by atoms with van der Waals surface area (Å²) in [5.41, 5.74) is 0.479. The summed E-state index contributed by atoms with van der Waals surface area (Å²) in [5.74, 6) is 0.898. The van der Waals surface area contributed by atoms with Gasteiger partial charge >= 0.3 is 6.09 Å². The molecule has 3 nitrogen and oxygen atoms in total. The molecule has 1 N–H and O–H groups in total. The highest BCUT2D eigenvalue weighted by atomic mass is 16.5. The number of carbonyl (C=O) groups is 1. The Balaban J connectivity index is 1.69. The van der Waals surface area contributed by atoms with Gasteiger partial charge < -0.3 is 10.1 Å². The lowest BCUT2D eigenvalue weighted by molar-refractivity contribution is 0.149. The number of hydrogen-bond donors (Lipinski definition) is 1. The lowest BCUT2D eigenvalue weighted by Gasteiger charge is -2.14. The molecule has 0 aliphatic heterocycles. The predicted molar refractivity (Wildman–Crippen MR) is 49.4 cm³/mol. The molecule has 0 aromatic rings. The second-order valence-electron chi connectivity index (χ2n) is 4.21. The van der Waals surface area contributed by atoms with Crippen LogP contribution in [0.3, 0.4) is 0 Å². The van der Waals surface area contributed by atoms with Gasteiger partial charge in [0.1, 0.15) is 0 Å². The van der Waals surface area contributed by atoms with Crippen molar-refractivity contribution in [1.82, 2.24) is 5.32 Å². The number of amides is 1. The highest BCUT2D eigenvalue weighted by Gasteiger charge is 2.53. The van der Waals surface area contributed by atoms with Gasteiger partial charge in [0.05, 0.1) is 6.61 Å². The van der Waals surface area contributed by atoms with Crippen molar-refractivity contribution in [2.75, 3.05) is 13.2 Å². The summed E-state index contributed by atoms with van der Waals surface area (Å²) in [5, 5.41) is 2.85. The van der Waals surface area contributed by atoms with Crippen molar-refractivity contribution in [3.8, 4) is 0 Å². The van der Waals surface area contributed by atoms with Gasteiger partial charge in [0.2, 0.25) is 0 Å². The second kappa shape index (κ2) is 3.20. The maximum absolute atomic E-state index is 11.0. The van der Waals surface area contributed by atoms with Gasteiger partial charge in [0.15, 0.2) is 0 Å². The van der Waals surface area contributed by atoms with Gasteiger partial charge in [-0.2, -0.15) is 0 Å². The van der Waals surface area contributed by atoms with Crippen LogP contribution in [0.1, 0.15) is 32.6 Å². The Morgan fingerprint density at radius 1 is 1.54 bits per heavy atom. The Kier molecular flexibility index (Phi) is 2.18. The van der Waals surface area contributed by atoms with Crippen molar-refractivity contribution in [3.05, 3.63) is 0 Å². The number of carbonyl (C=O) groups excluding carboxylic acids is 1. The first-order chi connectivity index (χ1) is 6.27. The summed E-state index contributed by atoms with van der Waals surface area (Å²) < 4.78 is 4.82. The van der Waals surface area contributed by atoms with Crippen LogP contribution in [0.4, 0.5) is 4.79 Å². The molecule has 2 saturated carbocycles. The number of nitrogens with one attached hydrogen (secondary N) is 1. The molecule has 2 rings (SSSR count). The Bertz CT molecular complexity index is 207. The molecule has 0 radical (unpaired) electrons. The summed E-state index contributed by atoms with van der Waals surface area (Å²) in [6, 6.07) is 0. The summed E-state index contributed by atoms with van der Waals surface area (Å²) >= 11 is 0. The van der Waals surface area contributed by atoms with E-state index in [1.807, 2.05) is 6.92 Å². The van der Waals surface area contributed by atoms with Crippen LogP contribution < -0.4 is 5.32 Å². The fourth-order valence-corrected chi connectivity index (χ4v) is 2.02. The van der Waals surface area contributed by atoms with Crippen LogP contribution in [0.15, 0.2) is 0 Å². The van der Waals surface area contributed by atoms with Crippen LogP contribution in [0.2, 0.25) is 0 Å². The van der Waals surface area contributed by atoms with E-state index in [2.05, 4.69) is 5.32 Å². The van der Waals surface area contributed by atoms with E-state index in [9.17, 15) is 4.79 Å². The van der Waals surface area contributed by atoms with Crippen molar-refractivity contribution < 1.29 is 9.53 Å². The standard InChI is InChI=1S/C10H17NO2/c1-2-13-9(12)11-7-10(5-6-10)8-3-4-8/h8H,2-7H2,1H3,(H,11,12). The van der Waals surface area contributed by atoms with Gasteiger partial charge in [0.25, 0.3) is 0 Å². The van der Waals surface area contributed by atoms with Crippen molar-refractivity contribution in [2.24, 2.45) is 11.3 Å². The summed E-state index contributed by atoms with van der Waals surface area (Å²) in [6.45, 7) is 3.12. The molecule has 0 atom stereocenters. The molecule has 1 amide bonds. The van der Waals surface area contributed by atoms with Gasteiger partial charge in [-0.15, -0.1) is 0 Å². The molecule has 0 spiro atoms. The molecular formula is C10H17NO2. The zero-order valence-electron chi connectivity index (χ0n) is 8.14. The summed E-state index contributed by atoms with van der Waals surface area (Å²) in [7, 11) is 0. The molecular weight excluding hydrogens is 166 g/mol. The summed E-state index contributed by atoms with van der Waals surface area (Å²) in [4.78, 5) is 11.0. The minimum atomic E-state index is -0.255. The number of ether oxygens (including phenoxy) is 1. The highest BCUT2D eigenvalue weighted by Crippen LogP contribution is 2.60. The molecule has 2 aliphatic carbocycles. The first-order valence-electron chi connectivity index (χ1n) is 5.17. The topological polar surface area (TPSA) is 38.3 Å². The van der Waals surface area contributed by atoms with Crippen LogP contribution in [0, 0.1) is 11.3 Å². The second-order valence-corrected chi connectivity index (χ2v) is 4.21. The Hall–Kier alpha value is -0.730. The third kappa shape index (κ3) is 1.95. The van der Waals surface area contributed by atoms with Gasteiger partial charge in [0, 0.05) is 6.54 Å². The average Bonchev–Trinajstić information content (AvgIpc) is 2.95. The maximum Gasteiger partial charge on any atom is 0.407 e. The SMILES string of the molecule is CCOC(=O)NCC1(C2CC2)CC1. The lowest BCUT2D eigenvalue weighted by Crippen LogP contribution is -2.31. The quantitative estimate of drug-likeness (QED) is 0.723. The van der Waals surface area contributed by atoms with E-state index in [0.29, 0.717) is 12.0 Å². The fraction of sp³-hybridized carbons (Fsp3) is 0.900. The number of alkyl carbamates (subject to hydrolysis) is 1. The molecule has 74 valence electrons. The van der Waals surface area contributed by atoms with Crippen LogP contribution in [-0.2, 0) is 4.74 Å². The first-order valence-corrected chi connectivity index (χ1v) is 5.17. The highest BCUT2D eigenvalue weighted by molar-refractivity contribution is 5.67. The van der Waals surface area contributed by atoms with Crippen molar-refractivity contribution in [1.29, 1.82) is 0 Å². The van der Waals surface area contributed by atoms with Crippen molar-refractivity contribution in [3.63, 3.8) is 0 Å². The molecule has 0 saturated heterocycles. The minimum absolute atomic E-state index is 0.255. The number of rotatable bonds is 4. The van der Waals surface area contributed by atoms with Gasteiger partial charge in [-0.3, -0.25) is 0 Å². The van der Waals surface area contributed by atoms with E-state index >= 15 is 0 Å². The van der Waals surface area contributed by atoms with Crippen molar-refractivity contribution >= 4 is 6.09 Å². The fourth-order valence-electron chi connectivity index (χ4n) is 2.02. The average molecular weight is 183 g/mol. The lowest BCUT2D eigenvalue weighted by atomic mass is 10.0. The largest absolute Gasteiger partial charge is 0.450 e. The van der Waals surface area contributed by atoms with E-state index in [4.69, 9.17) is 4.74 Å². The summed E-state index contributed by atoms with van der Waals surface area (Å²) in [6.07, 6.45) is 5.07. The molecule has 13 heavy (non-hydrogen) atoms. The van der Waals surface area contributed by atoms with Gasteiger partial charge in [-0.1, -0.05) is 0 Å². The van der Waals surface area contributed by atoms with E-state index in [-0.39, 0.29) is 6.09 Å². The monoisotopic (exact) mass is 183 g/mol. The molecule has 2 fully saturated rings. The van der Waals surface area contributed by atoms with E-state index in [0.717, 1.165) is 12.5 Å². The van der Waals surface area contributed by atoms with E-state index in [1.54, 1.807) is 0 Å². The van der Waals surface area contributed by atoms with Crippen LogP contribution in [0.5, 0.6) is 0 Å². The van der Waals surface area contributed by atoms with Gasteiger partial charge in [-0.05, 0) is 43.9 Å². The zero-order valence-corrected chi connectivity index (χ0v) is 8.14. The Morgan fingerprint density at radius 2 is 2.23 bits per heavy atom. The minimum Gasteiger partial charge on any atom is -0.450 e.